The van der Waals surface area contributed by atoms with E-state index in [-0.39, 0.29) is 12.0 Å². The number of nitrogens with zero attached hydrogens (tertiary/aromatic N) is 1. The van der Waals surface area contributed by atoms with Crippen molar-refractivity contribution in [1.82, 2.24) is 4.90 Å². The van der Waals surface area contributed by atoms with Crippen molar-refractivity contribution in [2.45, 2.75) is 31.8 Å². The lowest BCUT2D eigenvalue weighted by molar-refractivity contribution is -0.133. The molecule has 2 rings (SSSR count). The average Bonchev–Trinajstić information content (AvgIpc) is 2.96. The molecule has 5 nitrogen and oxygen atoms in total. The van der Waals surface area contributed by atoms with Gasteiger partial charge < -0.3 is 19.8 Å². The number of carbonyl (C=O) groups excluding carboxylic acids is 1. The smallest absolute Gasteiger partial charge is 0.223 e. The summed E-state index contributed by atoms with van der Waals surface area (Å²) < 4.78 is 10.8. The van der Waals surface area contributed by atoms with Gasteiger partial charge in [0.15, 0.2) is 0 Å². The highest BCUT2D eigenvalue weighted by atomic mass is 16.5. The second-order valence-corrected chi connectivity index (χ2v) is 4.82. The Bertz CT molecular complexity index is 370. The average molecular weight is 266 g/mol. The molecule has 0 radical (unpaired) electrons. The number of nitrogens with two attached hydrogens (primary N) is 1. The van der Waals surface area contributed by atoms with Gasteiger partial charge in [0, 0.05) is 32.5 Å². The zero-order valence-corrected chi connectivity index (χ0v) is 11.2. The number of furan rings is 1. The third-order valence-corrected chi connectivity index (χ3v) is 3.43. The topological polar surface area (TPSA) is 68.7 Å². The van der Waals surface area contributed by atoms with Gasteiger partial charge in [0.1, 0.15) is 5.76 Å². The van der Waals surface area contributed by atoms with E-state index >= 15 is 0 Å². The van der Waals surface area contributed by atoms with Crippen LogP contribution in [0.15, 0.2) is 22.8 Å². The maximum Gasteiger partial charge on any atom is 0.223 e. The molecule has 0 saturated carbocycles. The minimum atomic E-state index is 0.202. The number of likely N-dealkylation sites (tertiary alicyclic amines) is 1. The van der Waals surface area contributed by atoms with E-state index in [0.29, 0.717) is 26.0 Å². The summed E-state index contributed by atoms with van der Waals surface area (Å²) in [5, 5.41) is 0. The number of rotatable bonds is 6. The molecule has 1 aliphatic heterocycles. The van der Waals surface area contributed by atoms with Crippen molar-refractivity contribution in [2.24, 2.45) is 5.73 Å². The van der Waals surface area contributed by atoms with Crippen molar-refractivity contribution in [3.63, 3.8) is 0 Å². The van der Waals surface area contributed by atoms with Gasteiger partial charge in [-0.25, -0.2) is 0 Å². The van der Waals surface area contributed by atoms with Gasteiger partial charge in [-0.1, -0.05) is 0 Å². The van der Waals surface area contributed by atoms with Crippen LogP contribution in [0, 0.1) is 0 Å². The molecule has 1 fully saturated rings. The maximum atomic E-state index is 12.0. The molecule has 1 saturated heterocycles. The van der Waals surface area contributed by atoms with Crippen molar-refractivity contribution in [1.29, 1.82) is 0 Å². The molecule has 2 N–H and O–H groups in total. The number of hydrogen-bond acceptors (Lipinski definition) is 4. The van der Waals surface area contributed by atoms with Crippen molar-refractivity contribution in [2.75, 3.05) is 26.2 Å². The number of aryl methyl sites for hydroxylation is 1. The van der Waals surface area contributed by atoms with Crippen LogP contribution in [-0.4, -0.2) is 43.2 Å². The monoisotopic (exact) mass is 266 g/mol. The zero-order chi connectivity index (χ0) is 13.5. The molecule has 0 atom stereocenters. The molecule has 0 aromatic carbocycles. The van der Waals surface area contributed by atoms with Gasteiger partial charge in [0.25, 0.3) is 0 Å². The number of piperidine rings is 1. The van der Waals surface area contributed by atoms with Crippen LogP contribution in [0.4, 0.5) is 0 Å². The minimum absolute atomic E-state index is 0.202. The molecule has 1 amide bonds. The van der Waals surface area contributed by atoms with Crippen LogP contribution < -0.4 is 5.73 Å². The van der Waals surface area contributed by atoms with Crippen LogP contribution >= 0.6 is 0 Å². The van der Waals surface area contributed by atoms with E-state index in [2.05, 4.69) is 0 Å². The summed E-state index contributed by atoms with van der Waals surface area (Å²) in [6.07, 6.45) is 4.91. The Kier molecular flexibility index (Phi) is 5.42. The first-order valence-corrected chi connectivity index (χ1v) is 6.91. The lowest BCUT2D eigenvalue weighted by Crippen LogP contribution is -2.41. The van der Waals surface area contributed by atoms with Crippen LogP contribution in [0.1, 0.15) is 25.0 Å². The summed E-state index contributed by atoms with van der Waals surface area (Å²) in [4.78, 5) is 14.0. The van der Waals surface area contributed by atoms with Gasteiger partial charge in [-0.2, -0.15) is 0 Å². The van der Waals surface area contributed by atoms with E-state index in [1.165, 1.54) is 0 Å². The third-order valence-electron chi connectivity index (χ3n) is 3.43. The summed E-state index contributed by atoms with van der Waals surface area (Å²) in [7, 11) is 0. The second-order valence-electron chi connectivity index (χ2n) is 4.82. The van der Waals surface area contributed by atoms with Gasteiger partial charge in [0.2, 0.25) is 5.91 Å². The highest BCUT2D eigenvalue weighted by Gasteiger charge is 2.22. The fourth-order valence-corrected chi connectivity index (χ4v) is 2.35. The molecule has 1 aromatic rings. The van der Waals surface area contributed by atoms with Gasteiger partial charge in [-0.15, -0.1) is 0 Å². The molecular formula is C14H22N2O3. The van der Waals surface area contributed by atoms with Crippen molar-refractivity contribution in [3.05, 3.63) is 24.2 Å². The first-order chi connectivity index (χ1) is 9.29. The van der Waals surface area contributed by atoms with Gasteiger partial charge in [-0.3, -0.25) is 4.79 Å². The molecule has 0 aliphatic carbocycles. The molecule has 19 heavy (non-hydrogen) atoms. The first kappa shape index (κ1) is 14.1. The summed E-state index contributed by atoms with van der Waals surface area (Å²) in [5.74, 6) is 1.07. The van der Waals surface area contributed by atoms with Crippen LogP contribution in [0.25, 0.3) is 0 Å². The van der Waals surface area contributed by atoms with E-state index in [4.69, 9.17) is 14.9 Å². The minimum Gasteiger partial charge on any atom is -0.469 e. The molecule has 1 aromatic heterocycles. The standard InChI is InChI=1S/C14H22N2O3/c15-7-11-19-13-5-8-16(9-6-13)14(17)4-3-12-2-1-10-18-12/h1-2,10,13H,3-9,11,15H2. The zero-order valence-electron chi connectivity index (χ0n) is 11.2. The largest absolute Gasteiger partial charge is 0.469 e. The van der Waals surface area contributed by atoms with Crippen molar-refractivity contribution in [3.8, 4) is 0 Å². The molecule has 0 spiro atoms. The third kappa shape index (κ3) is 4.36. The first-order valence-electron chi connectivity index (χ1n) is 6.91. The van der Waals surface area contributed by atoms with Crippen LogP contribution in [0.3, 0.4) is 0 Å². The Labute approximate surface area is 113 Å². The van der Waals surface area contributed by atoms with Crippen LogP contribution in [0.5, 0.6) is 0 Å². The molecule has 5 heteroatoms. The summed E-state index contributed by atoms with van der Waals surface area (Å²) in [5.41, 5.74) is 5.41. The Morgan fingerprint density at radius 2 is 2.26 bits per heavy atom. The van der Waals surface area contributed by atoms with Crippen LogP contribution in [0.2, 0.25) is 0 Å². The molecule has 106 valence electrons. The lowest BCUT2D eigenvalue weighted by Gasteiger charge is -2.32. The highest BCUT2D eigenvalue weighted by molar-refractivity contribution is 5.76. The van der Waals surface area contributed by atoms with E-state index in [0.717, 1.165) is 31.7 Å². The van der Waals surface area contributed by atoms with Crippen molar-refractivity contribution < 1.29 is 13.9 Å². The van der Waals surface area contributed by atoms with Gasteiger partial charge in [0.05, 0.1) is 19.0 Å². The second kappa shape index (κ2) is 7.31. The Morgan fingerprint density at radius 3 is 2.89 bits per heavy atom. The fourth-order valence-electron chi connectivity index (χ4n) is 2.35. The highest BCUT2D eigenvalue weighted by Crippen LogP contribution is 2.15. The molecule has 0 unspecified atom stereocenters. The maximum absolute atomic E-state index is 12.0. The summed E-state index contributed by atoms with van der Waals surface area (Å²) >= 11 is 0. The number of carbonyl (C=O) groups is 1. The van der Waals surface area contributed by atoms with E-state index in [1.54, 1.807) is 6.26 Å². The molecule has 2 heterocycles. The van der Waals surface area contributed by atoms with Gasteiger partial charge in [-0.05, 0) is 25.0 Å². The molecule has 0 bridgehead atoms. The van der Waals surface area contributed by atoms with E-state index < -0.39 is 0 Å². The van der Waals surface area contributed by atoms with E-state index in [9.17, 15) is 4.79 Å². The lowest BCUT2D eigenvalue weighted by atomic mass is 10.1. The predicted molar refractivity (Wildman–Crippen MR) is 71.6 cm³/mol. The van der Waals surface area contributed by atoms with Gasteiger partial charge >= 0.3 is 0 Å². The fraction of sp³-hybridized carbons (Fsp3) is 0.643. The molecular weight excluding hydrogens is 244 g/mol. The quantitative estimate of drug-likeness (QED) is 0.839. The summed E-state index contributed by atoms with van der Waals surface area (Å²) in [6, 6.07) is 3.75. The number of hydrogen-bond donors (Lipinski definition) is 1. The summed E-state index contributed by atoms with van der Waals surface area (Å²) in [6.45, 7) is 2.73. The Balaban J connectivity index is 1.67. The van der Waals surface area contributed by atoms with E-state index in [1.807, 2.05) is 17.0 Å². The van der Waals surface area contributed by atoms with Crippen molar-refractivity contribution >= 4 is 5.91 Å². The normalized spacial score (nSPS) is 16.8. The number of ether oxygens (including phenoxy) is 1. The SMILES string of the molecule is NCCOC1CCN(C(=O)CCc2ccco2)CC1. The number of amides is 1. The Morgan fingerprint density at radius 1 is 1.47 bits per heavy atom. The van der Waals surface area contributed by atoms with Crippen LogP contribution in [-0.2, 0) is 16.0 Å². The molecule has 1 aliphatic rings. The predicted octanol–water partition coefficient (Wildman–Crippen LogP) is 1.18. The Hall–Kier alpha value is -1.33.